The molecule has 0 saturated carbocycles. The Morgan fingerprint density at radius 3 is 2.67 bits per heavy atom. The highest BCUT2D eigenvalue weighted by Crippen LogP contribution is 2.32. The van der Waals surface area contributed by atoms with Crippen LogP contribution in [0.3, 0.4) is 0 Å². The minimum Gasteiger partial charge on any atom is -0.387 e. The number of aromatic nitrogens is 1. The molecule has 0 bridgehead atoms. The molecule has 0 saturated heterocycles. The Hall–Kier alpha value is -1.64. The second kappa shape index (κ2) is 5.34. The van der Waals surface area contributed by atoms with Gasteiger partial charge in [-0.25, -0.2) is 4.98 Å². The summed E-state index contributed by atoms with van der Waals surface area (Å²) in [7, 11) is 0. The van der Waals surface area contributed by atoms with E-state index in [4.69, 9.17) is 5.26 Å². The third kappa shape index (κ3) is 3.69. The zero-order valence-electron chi connectivity index (χ0n) is 8.36. The van der Waals surface area contributed by atoms with Crippen LogP contribution >= 0.6 is 22.6 Å². The van der Waals surface area contributed by atoms with Gasteiger partial charge in [-0.05, 0) is 22.6 Å². The van der Waals surface area contributed by atoms with Crippen LogP contribution in [0.1, 0.15) is 5.56 Å². The van der Waals surface area contributed by atoms with Gasteiger partial charge in [0.15, 0.2) is 0 Å². The predicted molar refractivity (Wildman–Crippen MR) is 59.6 cm³/mol. The average molecular weight is 373 g/mol. The first-order valence-electron chi connectivity index (χ1n) is 4.21. The fourth-order valence-corrected chi connectivity index (χ4v) is 1.62. The van der Waals surface area contributed by atoms with Crippen molar-refractivity contribution in [3.05, 3.63) is 25.4 Å². The van der Waals surface area contributed by atoms with Gasteiger partial charge in [-0.15, -0.1) is 13.2 Å². The number of hydrogen-bond acceptors (Lipinski definition) is 5. The summed E-state index contributed by atoms with van der Waals surface area (Å²) in [5.74, 6) is -0.970. The van der Waals surface area contributed by atoms with E-state index in [9.17, 15) is 23.3 Å². The molecule has 18 heavy (non-hydrogen) atoms. The minimum absolute atomic E-state index is 0.0414. The number of rotatable bonds is 3. The molecular formula is C8H3F3IN3O3. The van der Waals surface area contributed by atoms with Crippen LogP contribution in [-0.4, -0.2) is 16.3 Å². The molecule has 1 heterocycles. The van der Waals surface area contributed by atoms with E-state index in [1.165, 1.54) is 28.7 Å². The first-order valence-corrected chi connectivity index (χ1v) is 5.29. The molecule has 0 unspecified atom stereocenters. The van der Waals surface area contributed by atoms with Crippen molar-refractivity contribution in [1.29, 1.82) is 5.26 Å². The summed E-state index contributed by atoms with van der Waals surface area (Å²) in [5, 5.41) is 19.2. The molecule has 0 amide bonds. The molecular weight excluding hydrogens is 370 g/mol. The third-order valence-corrected chi connectivity index (χ3v) is 2.25. The average Bonchev–Trinajstić information content (AvgIpc) is 2.19. The van der Waals surface area contributed by atoms with Crippen LogP contribution in [0, 0.1) is 25.1 Å². The van der Waals surface area contributed by atoms with E-state index in [0.29, 0.717) is 0 Å². The largest absolute Gasteiger partial charge is 0.574 e. The van der Waals surface area contributed by atoms with Gasteiger partial charge in [0, 0.05) is 6.07 Å². The van der Waals surface area contributed by atoms with Crippen LogP contribution in [0.2, 0.25) is 0 Å². The molecule has 6 nitrogen and oxygen atoms in total. The predicted octanol–water partition coefficient (Wildman–Crippen LogP) is 2.56. The number of nitriles is 1. The van der Waals surface area contributed by atoms with Gasteiger partial charge in [-0.2, -0.15) is 5.26 Å². The Kier molecular flexibility index (Phi) is 4.28. The maximum atomic E-state index is 12.1. The van der Waals surface area contributed by atoms with Crippen LogP contribution < -0.4 is 4.74 Å². The highest BCUT2D eigenvalue weighted by Gasteiger charge is 2.35. The summed E-state index contributed by atoms with van der Waals surface area (Å²) in [5.41, 5.74) is -1.13. The lowest BCUT2D eigenvalue weighted by molar-refractivity contribution is -0.385. The Morgan fingerprint density at radius 2 is 2.22 bits per heavy atom. The first-order chi connectivity index (χ1) is 8.24. The molecule has 0 atom stereocenters. The lowest BCUT2D eigenvalue weighted by atomic mass is 10.2. The number of pyridine rings is 1. The molecule has 1 aromatic rings. The van der Waals surface area contributed by atoms with Gasteiger partial charge < -0.3 is 4.74 Å². The standard InChI is InChI=1S/C8H3F3IN3O3/c9-8(10,11)18-7-4(1-2-13)5(15(16)17)3-6(12)14-7/h3H,1H2. The van der Waals surface area contributed by atoms with Gasteiger partial charge in [-0.1, -0.05) is 0 Å². The number of alkyl halides is 3. The molecule has 1 rings (SSSR count). The van der Waals surface area contributed by atoms with E-state index in [-0.39, 0.29) is 3.70 Å². The topological polar surface area (TPSA) is 89.0 Å². The Balaban J connectivity index is 3.39. The zero-order valence-corrected chi connectivity index (χ0v) is 10.5. The number of nitro groups is 1. The van der Waals surface area contributed by atoms with Crippen LogP contribution in [0.5, 0.6) is 5.88 Å². The molecule has 0 fully saturated rings. The molecule has 10 heteroatoms. The molecule has 0 spiro atoms. The van der Waals surface area contributed by atoms with E-state index < -0.39 is 34.8 Å². The van der Waals surface area contributed by atoms with Crippen molar-refractivity contribution in [1.82, 2.24) is 4.98 Å². The fraction of sp³-hybridized carbons (Fsp3) is 0.250. The molecule has 0 N–H and O–H groups in total. The number of hydrogen-bond donors (Lipinski definition) is 0. The van der Waals surface area contributed by atoms with Gasteiger partial charge >= 0.3 is 6.36 Å². The second-order valence-corrected chi connectivity index (χ2v) is 3.99. The van der Waals surface area contributed by atoms with E-state index >= 15 is 0 Å². The number of nitrogens with zero attached hydrogens (tertiary/aromatic N) is 3. The third-order valence-electron chi connectivity index (χ3n) is 1.70. The van der Waals surface area contributed by atoms with Crippen molar-refractivity contribution in [2.24, 2.45) is 0 Å². The Morgan fingerprint density at radius 1 is 1.61 bits per heavy atom. The van der Waals surface area contributed by atoms with Crippen LogP contribution in [-0.2, 0) is 6.42 Å². The molecule has 0 aliphatic heterocycles. The number of ether oxygens (including phenoxy) is 1. The van der Waals surface area contributed by atoms with E-state index in [2.05, 4.69) is 9.72 Å². The lowest BCUT2D eigenvalue weighted by Crippen LogP contribution is -2.19. The summed E-state index contributed by atoms with van der Waals surface area (Å²) in [6, 6.07) is 2.50. The molecule has 0 aliphatic rings. The van der Waals surface area contributed by atoms with E-state index in [0.717, 1.165) is 6.07 Å². The molecule has 0 aromatic carbocycles. The van der Waals surface area contributed by atoms with E-state index in [1.54, 1.807) is 0 Å². The Labute approximate surface area is 112 Å². The van der Waals surface area contributed by atoms with Gasteiger partial charge in [0.25, 0.3) is 5.69 Å². The second-order valence-electron chi connectivity index (χ2n) is 2.89. The summed E-state index contributed by atoms with van der Waals surface area (Å²) in [6.07, 6.45) is -5.64. The quantitative estimate of drug-likeness (QED) is 0.352. The smallest absolute Gasteiger partial charge is 0.387 e. The van der Waals surface area contributed by atoms with Crippen molar-refractivity contribution in [3.8, 4) is 11.9 Å². The van der Waals surface area contributed by atoms with Gasteiger partial charge in [-0.3, -0.25) is 10.1 Å². The highest BCUT2D eigenvalue weighted by molar-refractivity contribution is 14.1. The maximum Gasteiger partial charge on any atom is 0.574 e. The zero-order chi connectivity index (χ0) is 13.9. The van der Waals surface area contributed by atoms with Crippen LogP contribution in [0.4, 0.5) is 18.9 Å². The summed E-state index contributed by atoms with van der Waals surface area (Å²) >= 11 is 1.52. The SMILES string of the molecule is N#CCc1c([N+](=O)[O-])cc(I)nc1OC(F)(F)F. The van der Waals surface area contributed by atoms with Crippen LogP contribution in [0.15, 0.2) is 6.07 Å². The molecule has 0 aliphatic carbocycles. The summed E-state index contributed by atoms with van der Waals surface area (Å²) < 4.78 is 39.9. The highest BCUT2D eigenvalue weighted by atomic mass is 127. The van der Waals surface area contributed by atoms with Crippen molar-refractivity contribution in [2.45, 2.75) is 12.8 Å². The maximum absolute atomic E-state index is 12.1. The van der Waals surface area contributed by atoms with Crippen LogP contribution in [0.25, 0.3) is 0 Å². The minimum atomic E-state index is -5.03. The van der Waals surface area contributed by atoms with Gasteiger partial charge in [0.1, 0.15) is 9.26 Å². The first kappa shape index (κ1) is 14.4. The number of halogens is 4. The van der Waals surface area contributed by atoms with Crippen molar-refractivity contribution in [2.75, 3.05) is 0 Å². The fourth-order valence-electron chi connectivity index (χ4n) is 1.11. The molecule has 0 radical (unpaired) electrons. The van der Waals surface area contributed by atoms with Crippen molar-refractivity contribution in [3.63, 3.8) is 0 Å². The molecule has 96 valence electrons. The van der Waals surface area contributed by atoms with Crippen molar-refractivity contribution >= 4 is 28.3 Å². The van der Waals surface area contributed by atoms with Gasteiger partial charge in [0.2, 0.25) is 5.88 Å². The van der Waals surface area contributed by atoms with E-state index in [1.807, 2.05) is 0 Å². The lowest BCUT2D eigenvalue weighted by Gasteiger charge is -2.11. The Bertz CT molecular complexity index is 527. The van der Waals surface area contributed by atoms with Crippen molar-refractivity contribution < 1.29 is 22.8 Å². The summed E-state index contributed by atoms with van der Waals surface area (Å²) in [4.78, 5) is 13.2. The molecule has 1 aromatic heterocycles. The monoisotopic (exact) mass is 373 g/mol. The van der Waals surface area contributed by atoms with Gasteiger partial charge in [0.05, 0.1) is 17.4 Å². The summed E-state index contributed by atoms with van der Waals surface area (Å²) in [6.45, 7) is 0. The normalized spacial score (nSPS) is 10.8.